The SMILES string of the molecule is Cc1ccccc1[C@@H](C)NC(=O)c1cccc(S(N)(=O)=O)c1. The van der Waals surface area contributed by atoms with E-state index in [2.05, 4.69) is 5.32 Å². The summed E-state index contributed by atoms with van der Waals surface area (Å²) in [6, 6.07) is 13.2. The molecule has 0 radical (unpaired) electrons. The van der Waals surface area contributed by atoms with Gasteiger partial charge >= 0.3 is 0 Å². The Kier molecular flexibility index (Phi) is 4.63. The number of nitrogens with two attached hydrogens (primary N) is 1. The van der Waals surface area contributed by atoms with Gasteiger partial charge in [0.05, 0.1) is 10.9 Å². The molecular weight excluding hydrogens is 300 g/mol. The molecule has 0 spiro atoms. The topological polar surface area (TPSA) is 89.3 Å². The summed E-state index contributed by atoms with van der Waals surface area (Å²) in [7, 11) is -3.83. The maximum Gasteiger partial charge on any atom is 0.251 e. The van der Waals surface area contributed by atoms with Crippen LogP contribution in [0, 0.1) is 6.92 Å². The summed E-state index contributed by atoms with van der Waals surface area (Å²) in [5.74, 6) is -0.346. The van der Waals surface area contributed by atoms with Gasteiger partial charge in [-0.25, -0.2) is 13.6 Å². The van der Waals surface area contributed by atoms with Crippen molar-refractivity contribution in [2.45, 2.75) is 24.8 Å². The first-order valence-electron chi connectivity index (χ1n) is 6.78. The fourth-order valence-electron chi connectivity index (χ4n) is 2.24. The molecule has 6 heteroatoms. The molecule has 0 aliphatic heterocycles. The number of hydrogen-bond donors (Lipinski definition) is 2. The van der Waals surface area contributed by atoms with Crippen LogP contribution in [0.1, 0.15) is 34.5 Å². The summed E-state index contributed by atoms with van der Waals surface area (Å²) in [5, 5.41) is 7.94. The maximum absolute atomic E-state index is 12.3. The van der Waals surface area contributed by atoms with Crippen LogP contribution in [-0.2, 0) is 10.0 Å². The Morgan fingerprint density at radius 2 is 1.82 bits per heavy atom. The molecule has 0 aromatic heterocycles. The van der Waals surface area contributed by atoms with Crippen LogP contribution in [0.5, 0.6) is 0 Å². The van der Waals surface area contributed by atoms with Crippen LogP contribution in [0.2, 0.25) is 0 Å². The van der Waals surface area contributed by atoms with Gasteiger partial charge in [0.25, 0.3) is 5.91 Å². The highest BCUT2D eigenvalue weighted by molar-refractivity contribution is 7.89. The number of primary sulfonamides is 1. The summed E-state index contributed by atoms with van der Waals surface area (Å²) in [5.41, 5.74) is 2.35. The Bertz CT molecular complexity index is 801. The quantitative estimate of drug-likeness (QED) is 0.905. The molecule has 1 atom stereocenters. The number of rotatable bonds is 4. The fraction of sp³-hybridized carbons (Fsp3) is 0.188. The van der Waals surface area contributed by atoms with Gasteiger partial charge in [0, 0.05) is 5.56 Å². The molecule has 5 nitrogen and oxygen atoms in total. The molecule has 0 fully saturated rings. The molecule has 0 saturated heterocycles. The van der Waals surface area contributed by atoms with Crippen molar-refractivity contribution >= 4 is 15.9 Å². The average Bonchev–Trinajstić information content (AvgIpc) is 2.46. The Morgan fingerprint density at radius 1 is 1.14 bits per heavy atom. The molecule has 2 rings (SSSR count). The van der Waals surface area contributed by atoms with Crippen LogP contribution < -0.4 is 10.5 Å². The van der Waals surface area contributed by atoms with Crippen LogP contribution in [0.4, 0.5) is 0 Å². The molecule has 0 saturated carbocycles. The zero-order valence-electron chi connectivity index (χ0n) is 12.4. The molecule has 2 aromatic rings. The number of carbonyl (C=O) groups excluding carboxylic acids is 1. The number of aryl methyl sites for hydroxylation is 1. The Balaban J connectivity index is 2.21. The lowest BCUT2D eigenvalue weighted by Gasteiger charge is -2.16. The first-order chi connectivity index (χ1) is 10.3. The van der Waals surface area contributed by atoms with Crippen LogP contribution in [0.3, 0.4) is 0 Å². The smallest absolute Gasteiger partial charge is 0.251 e. The number of benzene rings is 2. The van der Waals surface area contributed by atoms with E-state index < -0.39 is 10.0 Å². The zero-order valence-corrected chi connectivity index (χ0v) is 13.2. The third-order valence-corrected chi connectivity index (χ3v) is 4.34. The van der Waals surface area contributed by atoms with Gasteiger partial charge in [0.2, 0.25) is 10.0 Å². The van der Waals surface area contributed by atoms with Crippen molar-refractivity contribution in [1.29, 1.82) is 0 Å². The molecule has 3 N–H and O–H groups in total. The number of amides is 1. The van der Waals surface area contributed by atoms with E-state index in [0.717, 1.165) is 11.1 Å². The van der Waals surface area contributed by atoms with Crippen molar-refractivity contribution in [3.05, 3.63) is 65.2 Å². The average molecular weight is 318 g/mol. The minimum absolute atomic E-state index is 0.0799. The van der Waals surface area contributed by atoms with Crippen LogP contribution in [0.25, 0.3) is 0 Å². The van der Waals surface area contributed by atoms with Crippen molar-refractivity contribution in [2.75, 3.05) is 0 Å². The summed E-state index contributed by atoms with van der Waals surface area (Å²) in [6.45, 7) is 3.85. The molecule has 0 aliphatic carbocycles. The van der Waals surface area contributed by atoms with Crippen LogP contribution in [-0.4, -0.2) is 14.3 Å². The lowest BCUT2D eigenvalue weighted by molar-refractivity contribution is 0.0939. The van der Waals surface area contributed by atoms with Gasteiger partial charge in [-0.05, 0) is 43.2 Å². The molecule has 2 aromatic carbocycles. The Labute approximate surface area is 130 Å². The Hall–Kier alpha value is -2.18. The lowest BCUT2D eigenvalue weighted by Crippen LogP contribution is -2.27. The van der Waals surface area contributed by atoms with Crippen molar-refractivity contribution in [3.63, 3.8) is 0 Å². The number of sulfonamides is 1. The van der Waals surface area contributed by atoms with Gasteiger partial charge in [0.15, 0.2) is 0 Å². The second kappa shape index (κ2) is 6.29. The molecule has 0 aliphatic rings. The molecule has 22 heavy (non-hydrogen) atoms. The third-order valence-electron chi connectivity index (χ3n) is 3.43. The lowest BCUT2D eigenvalue weighted by atomic mass is 10.0. The van der Waals surface area contributed by atoms with Crippen LogP contribution in [0.15, 0.2) is 53.4 Å². The molecular formula is C16H18N2O3S. The van der Waals surface area contributed by atoms with Gasteiger partial charge in [-0.2, -0.15) is 0 Å². The molecule has 0 bridgehead atoms. The zero-order chi connectivity index (χ0) is 16.3. The first kappa shape index (κ1) is 16.2. The number of carbonyl (C=O) groups is 1. The van der Waals surface area contributed by atoms with Gasteiger partial charge in [-0.15, -0.1) is 0 Å². The van der Waals surface area contributed by atoms with Crippen LogP contribution >= 0.6 is 0 Å². The fourth-order valence-corrected chi connectivity index (χ4v) is 2.80. The first-order valence-corrected chi connectivity index (χ1v) is 8.33. The standard InChI is InChI=1S/C16H18N2O3S/c1-11-6-3-4-9-15(11)12(2)18-16(19)13-7-5-8-14(10-13)22(17,20)21/h3-10,12H,1-2H3,(H,18,19)(H2,17,20,21)/t12-/m1/s1. The highest BCUT2D eigenvalue weighted by atomic mass is 32.2. The molecule has 116 valence electrons. The van der Waals surface area contributed by atoms with E-state index in [9.17, 15) is 13.2 Å². The highest BCUT2D eigenvalue weighted by Crippen LogP contribution is 2.18. The molecule has 0 unspecified atom stereocenters. The maximum atomic E-state index is 12.3. The van der Waals surface area contributed by atoms with Crippen molar-refractivity contribution in [2.24, 2.45) is 5.14 Å². The van der Waals surface area contributed by atoms with E-state index in [0.29, 0.717) is 0 Å². The monoisotopic (exact) mass is 318 g/mol. The van der Waals surface area contributed by atoms with E-state index in [1.165, 1.54) is 18.2 Å². The second-order valence-corrected chi connectivity index (χ2v) is 6.69. The van der Waals surface area contributed by atoms with E-state index >= 15 is 0 Å². The largest absolute Gasteiger partial charge is 0.346 e. The second-order valence-electron chi connectivity index (χ2n) is 5.12. The van der Waals surface area contributed by atoms with E-state index in [4.69, 9.17) is 5.14 Å². The normalized spacial score (nSPS) is 12.7. The van der Waals surface area contributed by atoms with E-state index in [1.807, 2.05) is 38.1 Å². The summed E-state index contributed by atoms with van der Waals surface area (Å²) < 4.78 is 22.7. The van der Waals surface area contributed by atoms with Gasteiger partial charge in [-0.1, -0.05) is 30.3 Å². The van der Waals surface area contributed by atoms with Gasteiger partial charge < -0.3 is 5.32 Å². The number of hydrogen-bond acceptors (Lipinski definition) is 3. The summed E-state index contributed by atoms with van der Waals surface area (Å²) >= 11 is 0. The van der Waals surface area contributed by atoms with Crippen molar-refractivity contribution < 1.29 is 13.2 Å². The summed E-state index contributed by atoms with van der Waals surface area (Å²) in [6.07, 6.45) is 0. The molecule has 1 amide bonds. The predicted molar refractivity (Wildman–Crippen MR) is 84.9 cm³/mol. The summed E-state index contributed by atoms with van der Waals surface area (Å²) in [4.78, 5) is 12.2. The Morgan fingerprint density at radius 3 is 2.45 bits per heavy atom. The molecule has 0 heterocycles. The number of nitrogens with one attached hydrogen (secondary N) is 1. The van der Waals surface area contributed by atoms with E-state index in [1.54, 1.807) is 6.07 Å². The van der Waals surface area contributed by atoms with Crippen molar-refractivity contribution in [3.8, 4) is 0 Å². The highest BCUT2D eigenvalue weighted by Gasteiger charge is 2.15. The minimum atomic E-state index is -3.83. The third kappa shape index (κ3) is 3.72. The predicted octanol–water partition coefficient (Wildman–Crippen LogP) is 2.13. The van der Waals surface area contributed by atoms with Gasteiger partial charge in [-0.3, -0.25) is 4.79 Å². The van der Waals surface area contributed by atoms with Gasteiger partial charge in [0.1, 0.15) is 0 Å². The van der Waals surface area contributed by atoms with E-state index in [-0.39, 0.29) is 22.4 Å². The van der Waals surface area contributed by atoms with Crippen molar-refractivity contribution in [1.82, 2.24) is 5.32 Å². The minimum Gasteiger partial charge on any atom is -0.346 e.